The van der Waals surface area contributed by atoms with E-state index >= 15 is 0 Å². The molecule has 0 atom stereocenters. The van der Waals surface area contributed by atoms with Gasteiger partial charge in [-0.15, -0.1) is 0 Å². The molecule has 35 heavy (non-hydrogen) atoms. The van der Waals surface area contributed by atoms with Crippen molar-refractivity contribution in [3.63, 3.8) is 0 Å². The second-order valence-corrected chi connectivity index (χ2v) is 9.21. The molecule has 0 spiro atoms. The third-order valence-corrected chi connectivity index (χ3v) is 6.35. The van der Waals surface area contributed by atoms with Crippen LogP contribution in [-0.2, 0) is 20.9 Å². The molecule has 0 N–H and O–H groups in total. The predicted octanol–water partition coefficient (Wildman–Crippen LogP) is 6.83. The van der Waals surface area contributed by atoms with Crippen LogP contribution in [0.1, 0.15) is 82.6 Å². The molecule has 0 saturated heterocycles. The van der Waals surface area contributed by atoms with Crippen molar-refractivity contribution in [1.82, 2.24) is 9.97 Å². The molecule has 0 aliphatic heterocycles. The summed E-state index contributed by atoms with van der Waals surface area (Å²) < 4.78 is 16.8. The zero-order chi connectivity index (χ0) is 24.6. The summed E-state index contributed by atoms with van der Waals surface area (Å²) in [4.78, 5) is 19.9. The van der Waals surface area contributed by atoms with Gasteiger partial charge in [0.25, 0.3) is 0 Å². The Bertz CT molecular complexity index is 861. The van der Waals surface area contributed by atoms with Gasteiger partial charge >= 0.3 is 5.97 Å². The van der Waals surface area contributed by atoms with Gasteiger partial charge in [-0.25, -0.2) is 14.8 Å². The summed E-state index contributed by atoms with van der Waals surface area (Å²) in [6.45, 7) is 5.22. The van der Waals surface area contributed by atoms with Gasteiger partial charge < -0.3 is 14.2 Å². The molecule has 1 fully saturated rings. The van der Waals surface area contributed by atoms with Crippen LogP contribution in [-0.4, -0.2) is 35.3 Å². The number of carbonyl (C=O) groups excluding carboxylic acids is 1. The first kappa shape index (κ1) is 26.9. The van der Waals surface area contributed by atoms with Gasteiger partial charge in [0.1, 0.15) is 0 Å². The Kier molecular flexibility index (Phi) is 12.3. The standard InChI is InChI=1S/C29H40N2O4/c1-2-28(32)34-20-12-7-5-3-4-6-11-19-33-27-21-30-29(31-22-27)25-17-15-24(16-18-25)23-35-26-13-9-8-10-14-26/h2,15-18,21-22,26H,1,3-14,19-20,23H2. The highest BCUT2D eigenvalue weighted by atomic mass is 16.5. The van der Waals surface area contributed by atoms with Crippen molar-refractivity contribution in [3.05, 3.63) is 54.9 Å². The van der Waals surface area contributed by atoms with Gasteiger partial charge in [-0.2, -0.15) is 0 Å². The minimum absolute atomic E-state index is 0.338. The topological polar surface area (TPSA) is 70.5 Å². The van der Waals surface area contributed by atoms with E-state index in [4.69, 9.17) is 14.2 Å². The average molecular weight is 481 g/mol. The van der Waals surface area contributed by atoms with Gasteiger partial charge in [-0.3, -0.25) is 0 Å². The molecule has 1 aromatic carbocycles. The lowest BCUT2D eigenvalue weighted by atomic mass is 9.98. The van der Waals surface area contributed by atoms with Crippen molar-refractivity contribution in [1.29, 1.82) is 0 Å². The molecule has 190 valence electrons. The number of aromatic nitrogens is 2. The van der Waals surface area contributed by atoms with Crippen LogP contribution in [0.5, 0.6) is 5.75 Å². The highest BCUT2D eigenvalue weighted by Gasteiger charge is 2.13. The lowest BCUT2D eigenvalue weighted by molar-refractivity contribution is -0.137. The first-order chi connectivity index (χ1) is 17.2. The van der Waals surface area contributed by atoms with E-state index in [0.717, 1.165) is 37.7 Å². The van der Waals surface area contributed by atoms with Crippen LogP contribution in [0, 0.1) is 0 Å². The monoisotopic (exact) mass is 480 g/mol. The Balaban J connectivity index is 1.25. The summed E-state index contributed by atoms with van der Waals surface area (Å²) in [6.07, 6.45) is 19.1. The van der Waals surface area contributed by atoms with Crippen molar-refractivity contribution in [2.24, 2.45) is 0 Å². The molecular weight excluding hydrogens is 440 g/mol. The quantitative estimate of drug-likeness (QED) is 0.149. The number of benzene rings is 1. The number of rotatable bonds is 16. The van der Waals surface area contributed by atoms with Crippen molar-refractivity contribution >= 4 is 5.97 Å². The first-order valence-corrected chi connectivity index (χ1v) is 13.2. The van der Waals surface area contributed by atoms with E-state index in [9.17, 15) is 4.79 Å². The van der Waals surface area contributed by atoms with E-state index in [2.05, 4.69) is 40.8 Å². The van der Waals surface area contributed by atoms with Crippen LogP contribution in [0.2, 0.25) is 0 Å². The zero-order valence-electron chi connectivity index (χ0n) is 21.0. The number of hydrogen-bond acceptors (Lipinski definition) is 6. The molecule has 0 bridgehead atoms. The van der Waals surface area contributed by atoms with Gasteiger partial charge in [0, 0.05) is 11.6 Å². The lowest BCUT2D eigenvalue weighted by Gasteiger charge is -2.22. The van der Waals surface area contributed by atoms with E-state index in [1.54, 1.807) is 12.4 Å². The lowest BCUT2D eigenvalue weighted by Crippen LogP contribution is -2.16. The second kappa shape index (κ2) is 16.0. The van der Waals surface area contributed by atoms with E-state index in [-0.39, 0.29) is 5.97 Å². The molecule has 0 amide bonds. The molecule has 1 heterocycles. The van der Waals surface area contributed by atoms with Crippen LogP contribution in [0.4, 0.5) is 0 Å². The van der Waals surface area contributed by atoms with Gasteiger partial charge in [-0.05, 0) is 31.2 Å². The molecule has 0 unspecified atom stereocenters. The van der Waals surface area contributed by atoms with Crippen molar-refractivity contribution in [3.8, 4) is 17.1 Å². The highest BCUT2D eigenvalue weighted by molar-refractivity contribution is 5.81. The van der Waals surface area contributed by atoms with Crippen molar-refractivity contribution in [2.75, 3.05) is 13.2 Å². The Morgan fingerprint density at radius 1 is 0.886 bits per heavy atom. The van der Waals surface area contributed by atoms with Gasteiger partial charge in [0.2, 0.25) is 0 Å². The number of ether oxygens (including phenoxy) is 3. The van der Waals surface area contributed by atoms with Crippen LogP contribution < -0.4 is 4.74 Å². The van der Waals surface area contributed by atoms with E-state index < -0.39 is 0 Å². The molecule has 1 aromatic heterocycles. The van der Waals surface area contributed by atoms with E-state index in [1.807, 2.05) is 0 Å². The second-order valence-electron chi connectivity index (χ2n) is 9.21. The van der Waals surface area contributed by atoms with Crippen molar-refractivity contribution < 1.29 is 19.0 Å². The summed E-state index contributed by atoms with van der Waals surface area (Å²) in [5.41, 5.74) is 2.19. The Labute approximate surface area is 210 Å². The molecular formula is C29H40N2O4. The van der Waals surface area contributed by atoms with Crippen LogP contribution in [0.3, 0.4) is 0 Å². The summed E-state index contributed by atoms with van der Waals surface area (Å²) >= 11 is 0. The van der Waals surface area contributed by atoms with Gasteiger partial charge in [0.05, 0.1) is 38.3 Å². The molecule has 6 heteroatoms. The fourth-order valence-corrected chi connectivity index (χ4v) is 4.25. The third-order valence-electron chi connectivity index (χ3n) is 6.35. The Morgan fingerprint density at radius 3 is 2.17 bits per heavy atom. The van der Waals surface area contributed by atoms with E-state index in [1.165, 1.54) is 56.6 Å². The molecule has 6 nitrogen and oxygen atoms in total. The zero-order valence-corrected chi connectivity index (χ0v) is 21.0. The Hall–Kier alpha value is -2.73. The molecule has 1 saturated carbocycles. The minimum atomic E-state index is -0.338. The number of unbranched alkanes of at least 4 members (excludes halogenated alkanes) is 6. The number of hydrogen-bond donors (Lipinski definition) is 0. The molecule has 2 aromatic rings. The fourth-order valence-electron chi connectivity index (χ4n) is 4.25. The third kappa shape index (κ3) is 10.6. The average Bonchev–Trinajstić information content (AvgIpc) is 2.91. The smallest absolute Gasteiger partial charge is 0.330 e. The number of nitrogens with zero attached hydrogens (tertiary/aromatic N) is 2. The minimum Gasteiger partial charge on any atom is -0.490 e. The van der Waals surface area contributed by atoms with Crippen molar-refractivity contribution in [2.45, 2.75) is 89.8 Å². The first-order valence-electron chi connectivity index (χ1n) is 13.2. The maximum Gasteiger partial charge on any atom is 0.330 e. The summed E-state index contributed by atoms with van der Waals surface area (Å²) in [6, 6.07) is 8.32. The van der Waals surface area contributed by atoms with Gasteiger partial charge in [-0.1, -0.05) is 82.2 Å². The fraction of sp³-hybridized carbons (Fsp3) is 0.552. The summed E-state index contributed by atoms with van der Waals surface area (Å²) in [5, 5.41) is 0. The maximum absolute atomic E-state index is 10.9. The van der Waals surface area contributed by atoms with Crippen LogP contribution in [0.15, 0.2) is 49.3 Å². The normalized spacial score (nSPS) is 13.9. The van der Waals surface area contributed by atoms with Gasteiger partial charge in [0.15, 0.2) is 11.6 Å². The largest absolute Gasteiger partial charge is 0.490 e. The SMILES string of the molecule is C=CC(=O)OCCCCCCCCCOc1cnc(-c2ccc(COC3CCCCC3)cc2)nc1. The highest BCUT2D eigenvalue weighted by Crippen LogP contribution is 2.22. The number of esters is 1. The summed E-state index contributed by atoms with van der Waals surface area (Å²) in [5.74, 6) is 1.08. The summed E-state index contributed by atoms with van der Waals surface area (Å²) in [7, 11) is 0. The maximum atomic E-state index is 10.9. The molecule has 3 rings (SSSR count). The molecule has 1 aliphatic rings. The van der Waals surface area contributed by atoms with E-state index in [0.29, 0.717) is 37.5 Å². The predicted molar refractivity (Wildman–Crippen MR) is 138 cm³/mol. The van der Waals surface area contributed by atoms with Crippen LogP contribution >= 0.6 is 0 Å². The molecule has 0 radical (unpaired) electrons. The molecule has 1 aliphatic carbocycles. The Morgan fingerprint density at radius 2 is 1.51 bits per heavy atom. The van der Waals surface area contributed by atoms with Crippen LogP contribution in [0.25, 0.3) is 11.4 Å². The number of carbonyl (C=O) groups is 1.